The van der Waals surface area contributed by atoms with E-state index in [9.17, 15) is 13.2 Å². The molecule has 0 amide bonds. The van der Waals surface area contributed by atoms with E-state index >= 15 is 0 Å². The summed E-state index contributed by atoms with van der Waals surface area (Å²) >= 11 is 0. The van der Waals surface area contributed by atoms with Crippen molar-refractivity contribution < 1.29 is 13.2 Å². The second-order valence-electron chi connectivity index (χ2n) is 8.43. The third kappa shape index (κ3) is 4.34. The molecular formula is C26H27F3. The second kappa shape index (κ2) is 8.61. The molecule has 3 heteroatoms. The standard InChI is InChI=1S/C26H27F3/c1-2-3-4-17-5-7-18(8-6-17)22-15-24(28)26(25(29)16-22)21-10-9-20-14-23(27)12-11-19(20)13-21/h9-18H,2-8H2,1H3/t17-,18-. The number of fused-ring (bicyclic) bond motifs is 1. The number of unbranched alkanes of at least 4 members (excludes halogenated alkanes) is 1. The zero-order valence-electron chi connectivity index (χ0n) is 16.9. The summed E-state index contributed by atoms with van der Waals surface area (Å²) in [6.45, 7) is 2.21. The van der Waals surface area contributed by atoms with E-state index in [1.807, 2.05) is 0 Å². The number of hydrogen-bond acceptors (Lipinski definition) is 0. The average molecular weight is 396 g/mol. The molecule has 0 unspecified atom stereocenters. The molecule has 0 nitrogen and oxygen atoms in total. The lowest BCUT2D eigenvalue weighted by atomic mass is 9.77. The van der Waals surface area contributed by atoms with Crippen LogP contribution < -0.4 is 0 Å². The van der Waals surface area contributed by atoms with Gasteiger partial charge in [-0.25, -0.2) is 13.2 Å². The molecule has 0 N–H and O–H groups in total. The van der Waals surface area contributed by atoms with E-state index in [4.69, 9.17) is 0 Å². The Morgan fingerprint density at radius 3 is 2.14 bits per heavy atom. The molecule has 1 aliphatic carbocycles. The highest BCUT2D eigenvalue weighted by atomic mass is 19.1. The highest BCUT2D eigenvalue weighted by molar-refractivity contribution is 5.87. The molecule has 0 bridgehead atoms. The molecule has 3 aromatic rings. The van der Waals surface area contributed by atoms with E-state index in [-0.39, 0.29) is 17.3 Å². The largest absolute Gasteiger partial charge is 0.207 e. The first kappa shape index (κ1) is 20.0. The minimum atomic E-state index is -0.519. The zero-order chi connectivity index (χ0) is 20.4. The minimum absolute atomic E-state index is 0.00314. The first-order chi connectivity index (χ1) is 14.0. The van der Waals surface area contributed by atoms with Crippen molar-refractivity contribution in [3.63, 3.8) is 0 Å². The number of halogens is 3. The smallest absolute Gasteiger partial charge is 0.134 e. The average Bonchev–Trinajstić information content (AvgIpc) is 2.72. The molecular weight excluding hydrogens is 369 g/mol. The van der Waals surface area contributed by atoms with Crippen LogP contribution in [0.15, 0.2) is 48.5 Å². The van der Waals surface area contributed by atoms with Crippen LogP contribution in [0.3, 0.4) is 0 Å². The molecule has 0 aromatic heterocycles. The Morgan fingerprint density at radius 2 is 1.45 bits per heavy atom. The van der Waals surface area contributed by atoms with Gasteiger partial charge in [0.05, 0.1) is 5.56 Å². The van der Waals surface area contributed by atoms with Crippen LogP contribution in [0.5, 0.6) is 0 Å². The fraction of sp³-hybridized carbons (Fsp3) is 0.385. The Kier molecular flexibility index (Phi) is 5.94. The number of hydrogen-bond donors (Lipinski definition) is 0. The van der Waals surface area contributed by atoms with Crippen molar-refractivity contribution in [1.29, 1.82) is 0 Å². The van der Waals surface area contributed by atoms with Crippen molar-refractivity contribution in [2.45, 2.75) is 57.8 Å². The highest BCUT2D eigenvalue weighted by Crippen LogP contribution is 2.39. The van der Waals surface area contributed by atoms with Gasteiger partial charge in [-0.1, -0.05) is 44.4 Å². The van der Waals surface area contributed by atoms with Gasteiger partial charge in [-0.3, -0.25) is 0 Å². The molecule has 152 valence electrons. The van der Waals surface area contributed by atoms with Crippen LogP contribution in [0.25, 0.3) is 21.9 Å². The van der Waals surface area contributed by atoms with E-state index < -0.39 is 11.6 Å². The molecule has 0 spiro atoms. The third-order valence-electron chi connectivity index (χ3n) is 6.44. The van der Waals surface area contributed by atoms with Gasteiger partial charge in [-0.05, 0) is 89.8 Å². The van der Waals surface area contributed by atoms with Gasteiger partial charge in [0.1, 0.15) is 17.5 Å². The van der Waals surface area contributed by atoms with Crippen LogP contribution in [0, 0.1) is 23.4 Å². The second-order valence-corrected chi connectivity index (χ2v) is 8.43. The van der Waals surface area contributed by atoms with Gasteiger partial charge < -0.3 is 0 Å². The van der Waals surface area contributed by atoms with Gasteiger partial charge in [-0.2, -0.15) is 0 Å². The quantitative estimate of drug-likeness (QED) is 0.406. The lowest BCUT2D eigenvalue weighted by Gasteiger charge is -2.29. The van der Waals surface area contributed by atoms with Gasteiger partial charge in [0, 0.05) is 0 Å². The fourth-order valence-electron chi connectivity index (χ4n) is 4.75. The van der Waals surface area contributed by atoms with Crippen molar-refractivity contribution in [1.82, 2.24) is 0 Å². The van der Waals surface area contributed by atoms with Gasteiger partial charge in [0.15, 0.2) is 0 Å². The summed E-state index contributed by atoms with van der Waals surface area (Å²) in [4.78, 5) is 0. The van der Waals surface area contributed by atoms with E-state index in [1.54, 1.807) is 24.3 Å². The topological polar surface area (TPSA) is 0 Å². The van der Waals surface area contributed by atoms with Crippen LogP contribution in [-0.2, 0) is 0 Å². The maximum atomic E-state index is 15.0. The van der Waals surface area contributed by atoms with Crippen molar-refractivity contribution in [2.75, 3.05) is 0 Å². The Morgan fingerprint density at radius 1 is 0.793 bits per heavy atom. The molecule has 1 fully saturated rings. The molecule has 4 rings (SSSR count). The Balaban J connectivity index is 1.57. The lowest BCUT2D eigenvalue weighted by molar-refractivity contribution is 0.303. The predicted octanol–water partition coefficient (Wildman–Crippen LogP) is 8.39. The van der Waals surface area contributed by atoms with E-state index in [0.29, 0.717) is 10.9 Å². The maximum Gasteiger partial charge on any atom is 0.134 e. The molecule has 0 aliphatic heterocycles. The zero-order valence-corrected chi connectivity index (χ0v) is 16.9. The van der Waals surface area contributed by atoms with Crippen LogP contribution in [0.1, 0.15) is 63.4 Å². The minimum Gasteiger partial charge on any atom is -0.207 e. The van der Waals surface area contributed by atoms with Crippen molar-refractivity contribution in [2.24, 2.45) is 5.92 Å². The first-order valence-electron chi connectivity index (χ1n) is 10.7. The van der Waals surface area contributed by atoms with E-state index in [0.717, 1.165) is 42.6 Å². The van der Waals surface area contributed by atoms with Gasteiger partial charge in [-0.15, -0.1) is 0 Å². The van der Waals surface area contributed by atoms with Crippen molar-refractivity contribution in [3.8, 4) is 11.1 Å². The number of rotatable bonds is 5. The molecule has 0 heterocycles. The van der Waals surface area contributed by atoms with Crippen molar-refractivity contribution >= 4 is 10.8 Å². The highest BCUT2D eigenvalue weighted by Gasteiger charge is 2.24. The van der Waals surface area contributed by atoms with Crippen LogP contribution >= 0.6 is 0 Å². The number of benzene rings is 3. The molecule has 0 atom stereocenters. The van der Waals surface area contributed by atoms with Gasteiger partial charge in [0.25, 0.3) is 0 Å². The lowest BCUT2D eigenvalue weighted by Crippen LogP contribution is -2.14. The van der Waals surface area contributed by atoms with Crippen LogP contribution in [-0.4, -0.2) is 0 Å². The Labute approximate surface area is 170 Å². The Hall–Kier alpha value is -2.29. The van der Waals surface area contributed by atoms with Crippen LogP contribution in [0.2, 0.25) is 0 Å². The molecule has 0 saturated heterocycles. The van der Waals surface area contributed by atoms with E-state index in [1.165, 1.54) is 43.5 Å². The van der Waals surface area contributed by atoms with Crippen LogP contribution in [0.4, 0.5) is 13.2 Å². The summed E-state index contributed by atoms with van der Waals surface area (Å²) in [6.07, 6.45) is 8.08. The summed E-state index contributed by atoms with van der Waals surface area (Å²) in [5.74, 6) is -0.353. The predicted molar refractivity (Wildman–Crippen MR) is 113 cm³/mol. The summed E-state index contributed by atoms with van der Waals surface area (Å²) in [7, 11) is 0. The molecule has 1 saturated carbocycles. The molecule has 3 aromatic carbocycles. The SMILES string of the molecule is CCCC[C@H]1CC[C@H](c2cc(F)c(-c3ccc4cc(F)ccc4c3)c(F)c2)CC1. The molecule has 0 radical (unpaired) electrons. The normalized spacial score (nSPS) is 19.6. The summed E-state index contributed by atoms with van der Waals surface area (Å²) in [5, 5.41) is 1.48. The van der Waals surface area contributed by atoms with E-state index in [2.05, 4.69) is 6.92 Å². The summed E-state index contributed by atoms with van der Waals surface area (Å²) in [5.41, 5.74) is 1.26. The monoisotopic (exact) mass is 396 g/mol. The summed E-state index contributed by atoms with van der Waals surface area (Å²) < 4.78 is 43.3. The first-order valence-corrected chi connectivity index (χ1v) is 10.7. The van der Waals surface area contributed by atoms with Gasteiger partial charge in [0.2, 0.25) is 0 Å². The third-order valence-corrected chi connectivity index (χ3v) is 6.44. The fourth-order valence-corrected chi connectivity index (χ4v) is 4.75. The Bertz CT molecular complexity index is 977. The maximum absolute atomic E-state index is 15.0. The van der Waals surface area contributed by atoms with Gasteiger partial charge >= 0.3 is 0 Å². The van der Waals surface area contributed by atoms with Crippen molar-refractivity contribution in [3.05, 3.63) is 71.5 Å². The molecule has 29 heavy (non-hydrogen) atoms. The molecule has 1 aliphatic rings. The summed E-state index contributed by atoms with van der Waals surface area (Å²) in [6, 6.07) is 12.5.